The number of carbonyl (C=O) groups excluding carboxylic acids is 3. The summed E-state index contributed by atoms with van der Waals surface area (Å²) >= 11 is 20.5. The number of hydrogen-bond acceptors (Lipinski definition) is 11. The van der Waals surface area contributed by atoms with Gasteiger partial charge in [-0.15, -0.1) is 21.5 Å². The minimum Gasteiger partial charge on any atom is -0.437 e. The Labute approximate surface area is 425 Å². The summed E-state index contributed by atoms with van der Waals surface area (Å²) in [5, 5.41) is 11.5. The Bertz CT molecular complexity index is 3160. The number of aryl methyl sites for hydroxylation is 3. The molecule has 2 aromatic carbocycles. The lowest BCUT2D eigenvalue weighted by molar-refractivity contribution is -0.138. The van der Waals surface area contributed by atoms with E-state index in [9.17, 15) is 22.8 Å². The first-order valence-corrected chi connectivity index (χ1v) is 27.0. The first-order valence-electron chi connectivity index (χ1n) is 23.6. The molecule has 8 heterocycles. The van der Waals surface area contributed by atoms with Crippen molar-refractivity contribution in [3.63, 3.8) is 0 Å². The zero-order valence-corrected chi connectivity index (χ0v) is 43.1. The minimum absolute atomic E-state index is 0.0549. The van der Waals surface area contributed by atoms with E-state index in [1.807, 2.05) is 41.0 Å². The van der Waals surface area contributed by atoms with Crippen molar-refractivity contribution >= 4 is 96.2 Å². The molecule has 3 amide bonds. The Morgan fingerprint density at radius 2 is 1.54 bits per heavy atom. The highest BCUT2D eigenvalue weighted by Gasteiger charge is 2.37. The number of benzene rings is 2. The second-order valence-corrected chi connectivity index (χ2v) is 22.9. The van der Waals surface area contributed by atoms with Gasteiger partial charge >= 0.3 is 0 Å². The summed E-state index contributed by atoms with van der Waals surface area (Å²) in [6, 6.07) is 11.6. The molecule has 0 bridgehead atoms. The topological polar surface area (TPSA) is 182 Å². The van der Waals surface area contributed by atoms with E-state index in [1.165, 1.54) is 23.2 Å². The molecule has 6 aromatic rings. The molecular formula is C49H53Cl3N10O6S2. The molecule has 70 heavy (non-hydrogen) atoms. The van der Waals surface area contributed by atoms with Gasteiger partial charge in [0.25, 0.3) is 15.9 Å². The monoisotopic (exact) mass is 1050 g/mol. The van der Waals surface area contributed by atoms with E-state index in [0.29, 0.717) is 95.4 Å². The first-order chi connectivity index (χ1) is 33.5. The molecule has 0 saturated carbocycles. The van der Waals surface area contributed by atoms with Crippen LogP contribution in [0.1, 0.15) is 87.5 Å². The van der Waals surface area contributed by atoms with Crippen LogP contribution >= 0.6 is 46.1 Å². The molecule has 0 spiro atoms. The molecule has 16 nitrogen and oxygen atoms in total. The molecule has 4 aliphatic heterocycles. The van der Waals surface area contributed by atoms with Crippen molar-refractivity contribution in [2.24, 2.45) is 16.8 Å². The molecule has 1 atom stereocenters. The number of piperidine rings is 2. The van der Waals surface area contributed by atoms with Crippen molar-refractivity contribution in [1.82, 2.24) is 39.3 Å². The Morgan fingerprint density at radius 1 is 0.843 bits per heavy atom. The van der Waals surface area contributed by atoms with Crippen molar-refractivity contribution < 1.29 is 27.2 Å². The SMILES string of the molecule is Cc1cc(S(=O)(=O)Nc2ccc(Cl)c3c(Cl)c[nH]c23)oc1C(=O)N1CCC(C(=O)N2CCN(CC3CCN(C(=O)C[C@@H]4N=C(c5ccc(Cl)cc5)c5c(sc(C)c5C)-n5c(C)nnc54)CC3)CC2)CC1. The molecule has 3 fully saturated rings. The quantitative estimate of drug-likeness (QED) is 0.136. The van der Waals surface area contributed by atoms with Crippen molar-refractivity contribution in [2.75, 3.05) is 63.6 Å². The van der Waals surface area contributed by atoms with Gasteiger partial charge in [0.05, 0.1) is 33.4 Å². The Kier molecular flexibility index (Phi) is 13.4. The van der Waals surface area contributed by atoms with Gasteiger partial charge < -0.3 is 24.1 Å². The van der Waals surface area contributed by atoms with Gasteiger partial charge in [0.1, 0.15) is 16.9 Å². The Hall–Kier alpha value is -5.24. The number of nitrogens with zero attached hydrogens (tertiary/aromatic N) is 8. The van der Waals surface area contributed by atoms with Gasteiger partial charge in [-0.05, 0) is 89.1 Å². The van der Waals surface area contributed by atoms with Gasteiger partial charge in [-0.25, -0.2) is 0 Å². The third kappa shape index (κ3) is 9.26. The second kappa shape index (κ2) is 19.4. The van der Waals surface area contributed by atoms with E-state index < -0.39 is 27.1 Å². The van der Waals surface area contributed by atoms with Crippen LogP contribution in [0.3, 0.4) is 0 Å². The standard InChI is InChI=1S/C49H53Cl3N10O6S2/c1-27-23-40(70(66,67)57-37-10-9-35(51)42-36(52)25-53-44(37)42)68-45(27)48(65)60-17-13-33(14-18-60)47(64)61-21-19-58(20-22-61)26-31-11-15-59(16-12-31)39(63)24-38-46-56-55-30(4)62(46)49-41(28(2)29(3)69-49)43(54-38)32-5-7-34(50)8-6-32/h5-10,23,25,31,33,38,53,57H,11-22,24,26H2,1-4H3/t38-/m0/s1. The highest BCUT2D eigenvalue weighted by Crippen LogP contribution is 2.41. The van der Waals surface area contributed by atoms with Crippen molar-refractivity contribution in [2.45, 2.75) is 70.9 Å². The summed E-state index contributed by atoms with van der Waals surface area (Å²) in [5.41, 5.74) is 4.98. The number of aliphatic imine (C=N–C) groups is 1. The number of anilines is 1. The number of likely N-dealkylation sites (tertiary alicyclic amines) is 2. The number of aromatic amines is 1. The fourth-order valence-corrected chi connectivity index (χ4v) is 13.3. The number of carbonyl (C=O) groups is 3. The summed E-state index contributed by atoms with van der Waals surface area (Å²) in [6.07, 6.45) is 4.52. The number of nitrogens with one attached hydrogen (secondary N) is 2. The molecule has 0 radical (unpaired) electrons. The fourth-order valence-electron chi connectivity index (χ4n) is 10.3. The molecule has 3 saturated heterocycles. The second-order valence-electron chi connectivity index (χ2n) is 18.8. The van der Waals surface area contributed by atoms with Crippen LogP contribution in [0.15, 0.2) is 63.2 Å². The smallest absolute Gasteiger partial charge is 0.295 e. The van der Waals surface area contributed by atoms with Gasteiger partial charge in [0.2, 0.25) is 16.9 Å². The molecule has 10 rings (SSSR count). The van der Waals surface area contributed by atoms with Crippen molar-refractivity contribution in [3.05, 3.63) is 108 Å². The molecule has 2 N–H and O–H groups in total. The maximum atomic E-state index is 14.1. The summed E-state index contributed by atoms with van der Waals surface area (Å²) < 4.78 is 37.2. The van der Waals surface area contributed by atoms with Gasteiger partial charge in [0, 0.05) is 109 Å². The van der Waals surface area contributed by atoms with Crippen LogP contribution < -0.4 is 4.72 Å². The first kappa shape index (κ1) is 48.4. The average molecular weight is 1050 g/mol. The predicted octanol–water partition coefficient (Wildman–Crippen LogP) is 8.62. The van der Waals surface area contributed by atoms with E-state index >= 15 is 0 Å². The lowest BCUT2D eigenvalue weighted by Crippen LogP contribution is -2.53. The number of piperazine rings is 1. The minimum atomic E-state index is -4.22. The van der Waals surface area contributed by atoms with Gasteiger partial charge in [-0.3, -0.25) is 33.6 Å². The molecular weight excluding hydrogens is 995 g/mol. The molecule has 0 aliphatic carbocycles. The van der Waals surface area contributed by atoms with Gasteiger partial charge in [-0.1, -0.05) is 46.9 Å². The number of hydrogen-bond donors (Lipinski definition) is 2. The van der Waals surface area contributed by atoms with Crippen LogP contribution in [0.5, 0.6) is 0 Å². The van der Waals surface area contributed by atoms with Crippen LogP contribution in [0.25, 0.3) is 15.9 Å². The number of amides is 3. The van der Waals surface area contributed by atoms with Crippen molar-refractivity contribution in [1.29, 1.82) is 0 Å². The van der Waals surface area contributed by atoms with Gasteiger partial charge in [0.15, 0.2) is 11.6 Å². The van der Waals surface area contributed by atoms with Crippen LogP contribution in [-0.2, 0) is 19.6 Å². The molecule has 0 unspecified atom stereocenters. The van der Waals surface area contributed by atoms with Crippen LogP contribution in [0, 0.1) is 39.5 Å². The Morgan fingerprint density at radius 3 is 2.26 bits per heavy atom. The zero-order valence-electron chi connectivity index (χ0n) is 39.2. The predicted molar refractivity (Wildman–Crippen MR) is 271 cm³/mol. The third-order valence-electron chi connectivity index (χ3n) is 14.4. The summed E-state index contributed by atoms with van der Waals surface area (Å²) in [6.45, 7) is 13.6. The summed E-state index contributed by atoms with van der Waals surface area (Å²) in [4.78, 5) is 58.9. The number of furan rings is 1. The normalized spacial score (nSPS) is 18.5. The van der Waals surface area contributed by atoms with E-state index in [0.717, 1.165) is 65.7 Å². The average Bonchev–Trinajstić information content (AvgIpc) is 4.11. The maximum Gasteiger partial charge on any atom is 0.295 e. The molecule has 21 heteroatoms. The Balaban J connectivity index is 0.692. The van der Waals surface area contributed by atoms with Crippen LogP contribution in [-0.4, -0.2) is 130 Å². The lowest BCUT2D eigenvalue weighted by atomic mass is 9.94. The van der Waals surface area contributed by atoms with E-state index in [-0.39, 0.29) is 35.6 Å². The number of aromatic nitrogens is 4. The number of rotatable bonds is 10. The maximum absolute atomic E-state index is 14.1. The fraction of sp³-hybridized carbons (Fsp3) is 0.429. The zero-order chi connectivity index (χ0) is 49.2. The number of halogens is 3. The molecule has 4 aliphatic rings. The number of H-pyrrole nitrogens is 1. The summed E-state index contributed by atoms with van der Waals surface area (Å²) in [5.74, 6) is 1.36. The largest absolute Gasteiger partial charge is 0.437 e. The summed E-state index contributed by atoms with van der Waals surface area (Å²) in [7, 11) is -4.22. The van der Waals surface area contributed by atoms with E-state index in [1.54, 1.807) is 29.2 Å². The molecule has 4 aromatic heterocycles. The highest BCUT2D eigenvalue weighted by molar-refractivity contribution is 7.92. The van der Waals surface area contributed by atoms with E-state index in [2.05, 4.69) is 43.2 Å². The number of sulfonamides is 1. The number of fused-ring (bicyclic) bond motifs is 4. The number of thiophene rings is 1. The van der Waals surface area contributed by atoms with Crippen LogP contribution in [0.2, 0.25) is 15.1 Å². The van der Waals surface area contributed by atoms with E-state index in [4.69, 9.17) is 44.2 Å². The van der Waals surface area contributed by atoms with Crippen molar-refractivity contribution in [3.8, 4) is 5.00 Å². The van der Waals surface area contributed by atoms with Crippen LogP contribution in [0.4, 0.5) is 5.69 Å². The van der Waals surface area contributed by atoms with Gasteiger partial charge in [-0.2, -0.15) is 8.42 Å². The highest BCUT2D eigenvalue weighted by atomic mass is 35.5. The third-order valence-corrected chi connectivity index (χ3v) is 17.6. The molecule has 368 valence electrons. The lowest BCUT2D eigenvalue weighted by Gasteiger charge is -2.40.